The minimum absolute atomic E-state index is 0.471. The number of hydrogen-bond acceptors (Lipinski definition) is 2. The Morgan fingerprint density at radius 2 is 2.22 bits per heavy atom. The standard InChI is InChI=1S/C14H18ClN3/c1-3-17-6-7-18-13-5-4-11(15)8-12(13)16-14(18)10(2)9-17/h4-5,8,10H,3,6-7,9H2,1-2H3. The predicted molar refractivity (Wildman–Crippen MR) is 75.3 cm³/mol. The first kappa shape index (κ1) is 12.0. The van der Waals surface area contributed by atoms with Gasteiger partial charge in [-0.25, -0.2) is 4.98 Å². The fourth-order valence-corrected chi connectivity index (χ4v) is 2.99. The number of fused-ring (bicyclic) bond motifs is 3. The molecule has 4 heteroatoms. The molecule has 1 aliphatic heterocycles. The Kier molecular flexibility index (Phi) is 3.04. The number of halogens is 1. The van der Waals surface area contributed by atoms with Gasteiger partial charge in [-0.3, -0.25) is 0 Å². The summed E-state index contributed by atoms with van der Waals surface area (Å²) in [5, 5.41) is 0.763. The van der Waals surface area contributed by atoms with Crippen LogP contribution in [0.4, 0.5) is 0 Å². The van der Waals surface area contributed by atoms with E-state index in [9.17, 15) is 0 Å². The van der Waals surface area contributed by atoms with E-state index >= 15 is 0 Å². The molecule has 0 radical (unpaired) electrons. The fraction of sp³-hybridized carbons (Fsp3) is 0.500. The van der Waals surface area contributed by atoms with Crippen molar-refractivity contribution in [3.05, 3.63) is 29.0 Å². The molecule has 96 valence electrons. The van der Waals surface area contributed by atoms with Gasteiger partial charge in [0.05, 0.1) is 11.0 Å². The Labute approximate surface area is 112 Å². The summed E-state index contributed by atoms with van der Waals surface area (Å²) in [6.45, 7) is 8.80. The molecule has 0 bridgehead atoms. The highest BCUT2D eigenvalue weighted by atomic mass is 35.5. The van der Waals surface area contributed by atoms with E-state index in [0.717, 1.165) is 36.7 Å². The Bertz CT molecular complexity index is 576. The minimum Gasteiger partial charge on any atom is -0.326 e. The van der Waals surface area contributed by atoms with Crippen LogP contribution in [0.5, 0.6) is 0 Å². The van der Waals surface area contributed by atoms with Crippen LogP contribution >= 0.6 is 11.6 Å². The van der Waals surface area contributed by atoms with Gasteiger partial charge in [0.15, 0.2) is 0 Å². The second kappa shape index (κ2) is 4.56. The van der Waals surface area contributed by atoms with Crippen LogP contribution < -0.4 is 0 Å². The van der Waals surface area contributed by atoms with Crippen LogP contribution in [-0.4, -0.2) is 34.1 Å². The summed E-state index contributed by atoms with van der Waals surface area (Å²) in [5.74, 6) is 1.67. The van der Waals surface area contributed by atoms with Gasteiger partial charge in [-0.1, -0.05) is 25.4 Å². The van der Waals surface area contributed by atoms with Crippen molar-refractivity contribution in [3.8, 4) is 0 Å². The maximum Gasteiger partial charge on any atom is 0.114 e. The second-order valence-electron chi connectivity index (χ2n) is 5.05. The lowest BCUT2D eigenvalue weighted by Crippen LogP contribution is -2.27. The largest absolute Gasteiger partial charge is 0.326 e. The Balaban J connectivity index is 2.10. The third kappa shape index (κ3) is 1.91. The highest BCUT2D eigenvalue weighted by Gasteiger charge is 2.22. The van der Waals surface area contributed by atoms with E-state index in [4.69, 9.17) is 16.6 Å². The molecule has 2 heterocycles. The number of aromatic nitrogens is 2. The number of imidazole rings is 1. The lowest BCUT2D eigenvalue weighted by molar-refractivity contribution is 0.281. The van der Waals surface area contributed by atoms with Crippen LogP contribution in [0, 0.1) is 0 Å². The van der Waals surface area contributed by atoms with Crippen LogP contribution in [0.2, 0.25) is 5.02 Å². The first-order valence-corrected chi connectivity index (χ1v) is 6.95. The molecular formula is C14H18ClN3. The van der Waals surface area contributed by atoms with Gasteiger partial charge in [0.2, 0.25) is 0 Å². The van der Waals surface area contributed by atoms with E-state index in [2.05, 4.69) is 29.4 Å². The van der Waals surface area contributed by atoms with Crippen molar-refractivity contribution < 1.29 is 0 Å². The van der Waals surface area contributed by atoms with Gasteiger partial charge in [-0.05, 0) is 24.7 Å². The quantitative estimate of drug-likeness (QED) is 0.788. The van der Waals surface area contributed by atoms with E-state index in [0.29, 0.717) is 5.92 Å². The Morgan fingerprint density at radius 3 is 3.00 bits per heavy atom. The molecule has 1 atom stereocenters. The van der Waals surface area contributed by atoms with Gasteiger partial charge in [0.1, 0.15) is 5.82 Å². The smallest absolute Gasteiger partial charge is 0.114 e. The zero-order valence-corrected chi connectivity index (χ0v) is 11.6. The van der Waals surface area contributed by atoms with Crippen LogP contribution in [0.1, 0.15) is 25.6 Å². The van der Waals surface area contributed by atoms with Crippen molar-refractivity contribution in [2.75, 3.05) is 19.6 Å². The summed E-state index contributed by atoms with van der Waals surface area (Å²) >= 11 is 6.04. The van der Waals surface area contributed by atoms with Crippen LogP contribution in [0.15, 0.2) is 18.2 Å². The lowest BCUT2D eigenvalue weighted by atomic mass is 10.1. The van der Waals surface area contributed by atoms with Crippen molar-refractivity contribution in [3.63, 3.8) is 0 Å². The zero-order chi connectivity index (χ0) is 12.7. The SMILES string of the molecule is CCN1CCn2c(nc3cc(Cl)ccc32)C(C)C1. The minimum atomic E-state index is 0.471. The van der Waals surface area contributed by atoms with Crippen molar-refractivity contribution in [1.82, 2.24) is 14.5 Å². The molecule has 1 unspecified atom stereocenters. The summed E-state index contributed by atoms with van der Waals surface area (Å²) in [7, 11) is 0. The molecule has 3 rings (SSSR count). The average molecular weight is 264 g/mol. The molecule has 1 aromatic heterocycles. The molecule has 0 spiro atoms. The van der Waals surface area contributed by atoms with Crippen molar-refractivity contribution in [1.29, 1.82) is 0 Å². The van der Waals surface area contributed by atoms with Crippen molar-refractivity contribution in [2.24, 2.45) is 0 Å². The molecule has 0 aliphatic carbocycles. The van der Waals surface area contributed by atoms with Gasteiger partial charge >= 0.3 is 0 Å². The lowest BCUT2D eigenvalue weighted by Gasteiger charge is -2.19. The number of rotatable bonds is 1. The van der Waals surface area contributed by atoms with Gasteiger partial charge in [-0.15, -0.1) is 0 Å². The van der Waals surface area contributed by atoms with Crippen molar-refractivity contribution >= 4 is 22.6 Å². The molecule has 0 N–H and O–H groups in total. The highest BCUT2D eigenvalue weighted by Crippen LogP contribution is 2.27. The normalized spacial score (nSPS) is 20.9. The van der Waals surface area contributed by atoms with Crippen LogP contribution in [0.25, 0.3) is 11.0 Å². The Morgan fingerprint density at radius 1 is 1.39 bits per heavy atom. The topological polar surface area (TPSA) is 21.1 Å². The first-order chi connectivity index (χ1) is 8.69. The van der Waals surface area contributed by atoms with E-state index in [1.807, 2.05) is 12.1 Å². The molecule has 2 aromatic rings. The number of nitrogens with zero attached hydrogens (tertiary/aromatic N) is 3. The summed E-state index contributed by atoms with van der Waals surface area (Å²) < 4.78 is 2.35. The van der Waals surface area contributed by atoms with Crippen molar-refractivity contribution in [2.45, 2.75) is 26.3 Å². The van der Waals surface area contributed by atoms with Crippen LogP contribution in [0.3, 0.4) is 0 Å². The summed E-state index contributed by atoms with van der Waals surface area (Å²) in [5.41, 5.74) is 2.23. The number of hydrogen-bond donors (Lipinski definition) is 0. The molecule has 0 saturated carbocycles. The number of benzene rings is 1. The molecule has 3 nitrogen and oxygen atoms in total. The molecule has 18 heavy (non-hydrogen) atoms. The van der Waals surface area contributed by atoms with E-state index in [1.54, 1.807) is 0 Å². The first-order valence-electron chi connectivity index (χ1n) is 6.57. The molecule has 1 aliphatic rings. The highest BCUT2D eigenvalue weighted by molar-refractivity contribution is 6.31. The van der Waals surface area contributed by atoms with Gasteiger partial charge in [0, 0.05) is 30.6 Å². The maximum atomic E-state index is 6.04. The molecule has 0 fully saturated rings. The molecular weight excluding hydrogens is 246 g/mol. The average Bonchev–Trinajstić information content (AvgIpc) is 2.64. The van der Waals surface area contributed by atoms with E-state index < -0.39 is 0 Å². The molecule has 0 amide bonds. The van der Waals surface area contributed by atoms with E-state index in [1.165, 1.54) is 11.3 Å². The van der Waals surface area contributed by atoms with E-state index in [-0.39, 0.29) is 0 Å². The maximum absolute atomic E-state index is 6.04. The molecule has 0 saturated heterocycles. The summed E-state index contributed by atoms with van der Waals surface area (Å²) in [6, 6.07) is 6.00. The Hall–Kier alpha value is -1.06. The monoisotopic (exact) mass is 263 g/mol. The van der Waals surface area contributed by atoms with Crippen LogP contribution in [-0.2, 0) is 6.54 Å². The second-order valence-corrected chi connectivity index (χ2v) is 5.49. The third-order valence-electron chi connectivity index (χ3n) is 3.80. The fourth-order valence-electron chi connectivity index (χ4n) is 2.82. The zero-order valence-electron chi connectivity index (χ0n) is 10.9. The van der Waals surface area contributed by atoms with Gasteiger partial charge in [-0.2, -0.15) is 0 Å². The third-order valence-corrected chi connectivity index (χ3v) is 4.03. The van der Waals surface area contributed by atoms with Gasteiger partial charge < -0.3 is 9.47 Å². The predicted octanol–water partition coefficient (Wildman–Crippen LogP) is 3.13. The summed E-state index contributed by atoms with van der Waals surface area (Å²) in [4.78, 5) is 7.26. The number of likely N-dealkylation sites (N-methyl/N-ethyl adjacent to an activating group) is 1. The molecule has 1 aromatic carbocycles. The summed E-state index contributed by atoms with van der Waals surface area (Å²) in [6.07, 6.45) is 0. The van der Waals surface area contributed by atoms with Gasteiger partial charge in [0.25, 0.3) is 0 Å².